The molecular weight excluding hydrogens is 516 g/mol. The van der Waals surface area contributed by atoms with Crippen LogP contribution in [-0.4, -0.2) is 62.5 Å². The van der Waals surface area contributed by atoms with Crippen LogP contribution in [-0.2, 0) is 11.8 Å². The van der Waals surface area contributed by atoms with E-state index in [1.165, 1.54) is 6.33 Å². The lowest BCUT2D eigenvalue weighted by Crippen LogP contribution is -2.21. The molecule has 0 radical (unpaired) electrons. The maximum atomic E-state index is 11.9. The van der Waals surface area contributed by atoms with E-state index in [-0.39, 0.29) is 5.91 Å². The zero-order valence-corrected chi connectivity index (χ0v) is 23.5. The highest BCUT2D eigenvalue weighted by atomic mass is 16.5. The van der Waals surface area contributed by atoms with Crippen molar-refractivity contribution in [3.05, 3.63) is 90.7 Å². The monoisotopic (exact) mass is 548 g/mol. The van der Waals surface area contributed by atoms with Crippen molar-refractivity contribution in [2.45, 2.75) is 6.92 Å². The van der Waals surface area contributed by atoms with Crippen LogP contribution in [0.2, 0.25) is 0 Å². The van der Waals surface area contributed by atoms with Crippen molar-refractivity contribution in [2.75, 3.05) is 32.5 Å². The molecule has 208 valence electrons. The summed E-state index contributed by atoms with van der Waals surface area (Å²) in [5.74, 6) is 1.94. The molecular formula is C31H32N8O2. The van der Waals surface area contributed by atoms with Gasteiger partial charge in [-0.3, -0.25) is 4.79 Å². The van der Waals surface area contributed by atoms with Crippen LogP contribution in [0.3, 0.4) is 0 Å². The second-order valence-corrected chi connectivity index (χ2v) is 9.85. The largest absolute Gasteiger partial charge is 0.457 e. The highest BCUT2D eigenvalue weighted by Gasteiger charge is 2.10. The van der Waals surface area contributed by atoms with Crippen molar-refractivity contribution in [1.82, 2.24) is 34.7 Å². The quantitative estimate of drug-likeness (QED) is 0.235. The van der Waals surface area contributed by atoms with Gasteiger partial charge < -0.3 is 24.8 Å². The molecule has 3 aromatic heterocycles. The van der Waals surface area contributed by atoms with Crippen molar-refractivity contribution in [2.24, 2.45) is 7.05 Å². The summed E-state index contributed by atoms with van der Waals surface area (Å²) < 4.78 is 8.13. The van der Waals surface area contributed by atoms with Gasteiger partial charge in [-0.05, 0) is 75.1 Å². The summed E-state index contributed by atoms with van der Waals surface area (Å²) in [6, 6.07) is 15.5. The van der Waals surface area contributed by atoms with Crippen LogP contribution >= 0.6 is 0 Å². The summed E-state index contributed by atoms with van der Waals surface area (Å²) in [6.07, 6.45) is 10.4. The molecule has 0 aliphatic rings. The Morgan fingerprint density at radius 1 is 1.02 bits per heavy atom. The summed E-state index contributed by atoms with van der Waals surface area (Å²) in [6.45, 7) is 3.10. The lowest BCUT2D eigenvalue weighted by Gasteiger charge is -2.12. The molecule has 0 bridgehead atoms. The number of hydrogen-bond donors (Lipinski definition) is 2. The predicted octanol–water partition coefficient (Wildman–Crippen LogP) is 5.00. The zero-order chi connectivity index (χ0) is 28.8. The molecule has 0 unspecified atom stereocenters. The Labute approximate surface area is 238 Å². The Bertz CT molecular complexity index is 1760. The fourth-order valence-electron chi connectivity index (χ4n) is 4.19. The minimum atomic E-state index is -0.135. The summed E-state index contributed by atoms with van der Waals surface area (Å²) in [4.78, 5) is 31.8. The van der Waals surface area contributed by atoms with Gasteiger partial charge in [0.25, 0.3) is 0 Å². The van der Waals surface area contributed by atoms with Crippen LogP contribution in [0.15, 0.2) is 79.4 Å². The summed E-state index contributed by atoms with van der Waals surface area (Å²) in [5.41, 5.74) is 5.85. The van der Waals surface area contributed by atoms with E-state index in [4.69, 9.17) is 9.72 Å². The van der Waals surface area contributed by atoms with Gasteiger partial charge in [0.2, 0.25) is 5.91 Å². The number of benzene rings is 2. The molecule has 0 saturated heterocycles. The molecule has 5 rings (SSSR count). The molecule has 3 heterocycles. The van der Waals surface area contributed by atoms with E-state index in [0.717, 1.165) is 45.0 Å². The highest BCUT2D eigenvalue weighted by molar-refractivity contribution is 5.88. The second kappa shape index (κ2) is 12.4. The zero-order valence-electron chi connectivity index (χ0n) is 23.5. The number of fused-ring (bicyclic) bond motifs is 2. The Kier molecular flexibility index (Phi) is 8.31. The minimum Gasteiger partial charge on any atom is -0.457 e. The molecule has 2 N–H and O–H groups in total. The number of rotatable bonds is 10. The number of hydrogen-bond acceptors (Lipinski definition) is 8. The predicted molar refractivity (Wildman–Crippen MR) is 162 cm³/mol. The van der Waals surface area contributed by atoms with Crippen molar-refractivity contribution in [3.63, 3.8) is 0 Å². The number of aromatic nitrogens is 5. The van der Waals surface area contributed by atoms with E-state index in [1.807, 2.05) is 104 Å². The number of nitrogens with one attached hydrogen (secondary N) is 2. The van der Waals surface area contributed by atoms with Gasteiger partial charge >= 0.3 is 0 Å². The summed E-state index contributed by atoms with van der Waals surface area (Å²) in [5, 5.41) is 6.20. The molecule has 0 aliphatic heterocycles. The molecule has 0 atom stereocenters. The molecule has 10 heteroatoms. The topological polar surface area (TPSA) is 110 Å². The first-order chi connectivity index (χ1) is 19.9. The van der Waals surface area contributed by atoms with Crippen molar-refractivity contribution < 1.29 is 9.53 Å². The van der Waals surface area contributed by atoms with Crippen LogP contribution in [0.5, 0.6) is 11.5 Å². The molecule has 5 aromatic rings. The molecule has 0 saturated carbocycles. The maximum Gasteiger partial charge on any atom is 0.243 e. The van der Waals surface area contributed by atoms with E-state index in [9.17, 15) is 4.79 Å². The van der Waals surface area contributed by atoms with Crippen molar-refractivity contribution >= 4 is 45.6 Å². The molecule has 0 spiro atoms. The van der Waals surface area contributed by atoms with Crippen LogP contribution in [0.4, 0.5) is 11.5 Å². The molecule has 1 amide bonds. The molecule has 41 heavy (non-hydrogen) atoms. The second-order valence-electron chi connectivity index (χ2n) is 9.85. The first-order valence-corrected chi connectivity index (χ1v) is 13.2. The average Bonchev–Trinajstić information content (AvgIpc) is 3.32. The molecule has 0 fully saturated rings. The highest BCUT2D eigenvalue weighted by Crippen LogP contribution is 2.30. The number of anilines is 2. The number of carbonyl (C=O) groups excluding carboxylic acids is 1. The van der Waals surface area contributed by atoms with Gasteiger partial charge in [0.05, 0.1) is 28.6 Å². The summed E-state index contributed by atoms with van der Waals surface area (Å²) >= 11 is 0. The fourth-order valence-corrected chi connectivity index (χ4v) is 4.19. The minimum absolute atomic E-state index is 0.135. The molecule has 10 nitrogen and oxygen atoms in total. The van der Waals surface area contributed by atoms with Crippen LogP contribution in [0.1, 0.15) is 11.3 Å². The lowest BCUT2D eigenvalue weighted by molar-refractivity contribution is -0.116. The van der Waals surface area contributed by atoms with Crippen molar-refractivity contribution in [1.29, 1.82) is 0 Å². The van der Waals surface area contributed by atoms with E-state index in [2.05, 4.69) is 25.6 Å². The number of imidazole rings is 1. The third kappa shape index (κ3) is 6.92. The first kappa shape index (κ1) is 27.5. The van der Waals surface area contributed by atoms with E-state index < -0.39 is 0 Å². The number of amides is 1. The van der Waals surface area contributed by atoms with E-state index in [1.54, 1.807) is 12.4 Å². The van der Waals surface area contributed by atoms with E-state index >= 15 is 0 Å². The third-order valence-electron chi connectivity index (χ3n) is 6.29. The van der Waals surface area contributed by atoms with Gasteiger partial charge in [-0.2, -0.15) is 0 Å². The third-order valence-corrected chi connectivity index (χ3v) is 6.29. The van der Waals surface area contributed by atoms with Gasteiger partial charge in [0.15, 0.2) is 5.82 Å². The standard InChI is InChI=1S/C31H32N8O2/c1-21-17-23(10-14-28(21)41-24-11-13-27-26(18-24)35-20-39(27)4)37-31-30-25(33-19-34-31)12-9-22(36-30)7-5-15-32-29(40)8-6-16-38(2)3/h5-14,17-20H,15-16H2,1-4H3,(H,32,40)(H,33,34,37)/b7-5+,8-6?. The van der Waals surface area contributed by atoms with Gasteiger partial charge in [-0.15, -0.1) is 0 Å². The Morgan fingerprint density at radius 3 is 2.73 bits per heavy atom. The first-order valence-electron chi connectivity index (χ1n) is 13.2. The smallest absolute Gasteiger partial charge is 0.243 e. The molecule has 0 aliphatic carbocycles. The Balaban J connectivity index is 1.26. The van der Waals surface area contributed by atoms with E-state index in [0.29, 0.717) is 24.4 Å². The Morgan fingerprint density at radius 2 is 1.90 bits per heavy atom. The summed E-state index contributed by atoms with van der Waals surface area (Å²) in [7, 11) is 5.87. The van der Waals surface area contributed by atoms with Crippen LogP contribution < -0.4 is 15.4 Å². The lowest BCUT2D eigenvalue weighted by atomic mass is 10.2. The number of carbonyl (C=O) groups is 1. The fraction of sp³-hybridized carbons (Fsp3) is 0.194. The molecule has 2 aromatic carbocycles. The van der Waals surface area contributed by atoms with Gasteiger partial charge in [-0.25, -0.2) is 19.9 Å². The van der Waals surface area contributed by atoms with Gasteiger partial charge in [-0.1, -0.05) is 12.2 Å². The van der Waals surface area contributed by atoms with Gasteiger partial charge in [0, 0.05) is 38.0 Å². The van der Waals surface area contributed by atoms with Crippen molar-refractivity contribution in [3.8, 4) is 11.5 Å². The average molecular weight is 549 g/mol. The Hall–Kier alpha value is -5.09. The van der Waals surface area contributed by atoms with Gasteiger partial charge in [0.1, 0.15) is 23.3 Å². The SMILES string of the molecule is Cc1cc(Nc2ncnc3ccc(/C=C/CNC(=O)C=CCN(C)C)nc23)ccc1Oc1ccc2c(c1)ncn2C. The maximum absolute atomic E-state index is 11.9. The van der Waals surface area contributed by atoms with Crippen LogP contribution in [0.25, 0.3) is 28.1 Å². The number of aryl methyl sites for hydroxylation is 2. The number of nitrogens with zero attached hydrogens (tertiary/aromatic N) is 6. The van der Waals surface area contributed by atoms with Crippen LogP contribution in [0, 0.1) is 6.92 Å². The number of likely N-dealkylation sites (N-methyl/N-ethyl adjacent to an activating group) is 1. The number of pyridine rings is 1. The normalized spacial score (nSPS) is 11.7. The number of ether oxygens (including phenoxy) is 1.